The Hall–Kier alpha value is -1.82. The van der Waals surface area contributed by atoms with Gasteiger partial charge in [0.2, 0.25) is 6.79 Å². The first-order valence-corrected chi connectivity index (χ1v) is 6.08. The minimum atomic E-state index is 0.276. The number of thiocarbonyl (C=S) groups is 1. The van der Waals surface area contributed by atoms with E-state index >= 15 is 0 Å². The van der Waals surface area contributed by atoms with E-state index < -0.39 is 0 Å². The normalized spacial score (nSPS) is 12.8. The lowest BCUT2D eigenvalue weighted by Crippen LogP contribution is -2.31. The topological polar surface area (TPSA) is 54.9 Å². The third-order valence-corrected chi connectivity index (χ3v) is 2.70. The van der Waals surface area contributed by atoms with E-state index in [1.165, 1.54) is 0 Å². The van der Waals surface area contributed by atoms with Crippen LogP contribution in [0.5, 0.6) is 11.5 Å². The van der Waals surface area contributed by atoms with Gasteiger partial charge in [0.1, 0.15) is 0 Å². The number of benzene rings is 1. The maximum absolute atomic E-state index is 5.32. The first-order chi connectivity index (χ1) is 8.70. The smallest absolute Gasteiger partial charge is 0.231 e. The summed E-state index contributed by atoms with van der Waals surface area (Å²) in [6, 6.07) is 3.84. The molecule has 0 fully saturated rings. The third kappa shape index (κ3) is 2.89. The van der Waals surface area contributed by atoms with Gasteiger partial charge in [0, 0.05) is 12.1 Å². The Morgan fingerprint density at radius 3 is 2.89 bits per heavy atom. The number of hydrogen-bond acceptors (Lipinski definition) is 4. The number of nitrogens with zero attached hydrogens (tertiary/aromatic N) is 1. The van der Waals surface area contributed by atoms with Crippen molar-refractivity contribution in [2.24, 2.45) is 5.10 Å². The highest BCUT2D eigenvalue weighted by Gasteiger charge is 2.14. The Labute approximate surface area is 111 Å². The molecule has 1 aliphatic heterocycles. The molecule has 6 heteroatoms. The molecule has 0 amide bonds. The van der Waals surface area contributed by atoms with Crippen LogP contribution < -0.4 is 20.2 Å². The second-order valence-corrected chi connectivity index (χ2v) is 4.20. The van der Waals surface area contributed by atoms with Gasteiger partial charge in [0.25, 0.3) is 0 Å². The molecule has 0 aromatic heterocycles. The molecule has 0 aliphatic carbocycles. The Balaban J connectivity index is 2.05. The van der Waals surface area contributed by atoms with Crippen molar-refractivity contribution < 1.29 is 9.47 Å². The fourth-order valence-electron chi connectivity index (χ4n) is 1.56. The van der Waals surface area contributed by atoms with Gasteiger partial charge in [0.05, 0.1) is 6.21 Å². The molecule has 1 aromatic rings. The van der Waals surface area contributed by atoms with Crippen LogP contribution in [0.25, 0.3) is 0 Å². The van der Waals surface area contributed by atoms with Crippen molar-refractivity contribution in [3.63, 3.8) is 0 Å². The maximum atomic E-state index is 5.32. The fourth-order valence-corrected chi connectivity index (χ4v) is 1.76. The quantitative estimate of drug-likeness (QED) is 0.493. The van der Waals surface area contributed by atoms with Crippen molar-refractivity contribution in [3.8, 4) is 11.5 Å². The molecule has 96 valence electrons. The average molecular weight is 265 g/mol. The largest absolute Gasteiger partial charge is 0.454 e. The second kappa shape index (κ2) is 5.68. The van der Waals surface area contributed by atoms with Crippen LogP contribution in [0.2, 0.25) is 0 Å². The zero-order valence-corrected chi connectivity index (χ0v) is 11.1. The van der Waals surface area contributed by atoms with E-state index in [1.54, 1.807) is 6.21 Å². The first kappa shape index (κ1) is 12.6. The van der Waals surface area contributed by atoms with E-state index in [1.807, 2.05) is 26.0 Å². The SMILES string of the molecule is CCNC(=S)N/N=C\c1cc2c(cc1C)OCO2. The van der Waals surface area contributed by atoms with E-state index in [9.17, 15) is 0 Å². The van der Waals surface area contributed by atoms with E-state index in [-0.39, 0.29) is 6.79 Å². The molecule has 1 aliphatic rings. The molecule has 0 radical (unpaired) electrons. The number of rotatable bonds is 3. The predicted octanol–water partition coefficient (Wildman–Crippen LogP) is 1.54. The summed E-state index contributed by atoms with van der Waals surface area (Å²) in [5.74, 6) is 1.53. The molecule has 2 rings (SSSR count). The van der Waals surface area contributed by atoms with Crippen LogP contribution in [-0.4, -0.2) is 24.7 Å². The van der Waals surface area contributed by atoms with Crippen molar-refractivity contribution in [2.45, 2.75) is 13.8 Å². The van der Waals surface area contributed by atoms with Gasteiger partial charge in [-0.1, -0.05) is 0 Å². The standard InChI is InChI=1S/C12H15N3O2S/c1-3-13-12(18)15-14-6-9-5-11-10(4-8(9)2)16-7-17-11/h4-6H,3,7H2,1-2H3,(H2,13,15,18)/b14-6-. The third-order valence-electron chi connectivity index (χ3n) is 2.47. The molecule has 1 heterocycles. The van der Waals surface area contributed by atoms with Gasteiger partial charge in [-0.2, -0.15) is 5.10 Å². The summed E-state index contributed by atoms with van der Waals surface area (Å²) < 4.78 is 10.6. The number of aryl methyl sites for hydroxylation is 1. The van der Waals surface area contributed by atoms with Crippen LogP contribution in [0, 0.1) is 6.92 Å². The number of hydrazone groups is 1. The van der Waals surface area contributed by atoms with Crippen LogP contribution >= 0.6 is 12.2 Å². The summed E-state index contributed by atoms with van der Waals surface area (Å²) in [4.78, 5) is 0. The zero-order chi connectivity index (χ0) is 13.0. The summed E-state index contributed by atoms with van der Waals surface area (Å²) in [5.41, 5.74) is 4.78. The second-order valence-electron chi connectivity index (χ2n) is 3.79. The molecule has 1 aromatic carbocycles. The minimum absolute atomic E-state index is 0.276. The maximum Gasteiger partial charge on any atom is 0.231 e. The van der Waals surface area contributed by atoms with Crippen molar-refractivity contribution >= 4 is 23.5 Å². The van der Waals surface area contributed by atoms with Crippen LogP contribution in [0.1, 0.15) is 18.1 Å². The summed E-state index contributed by atoms with van der Waals surface area (Å²) in [7, 11) is 0. The molecular formula is C12H15N3O2S. The number of ether oxygens (including phenoxy) is 2. The van der Waals surface area contributed by atoms with Gasteiger partial charge in [-0.15, -0.1) is 0 Å². The van der Waals surface area contributed by atoms with Gasteiger partial charge in [0.15, 0.2) is 16.6 Å². The Morgan fingerprint density at radius 2 is 2.17 bits per heavy atom. The van der Waals surface area contributed by atoms with Crippen molar-refractivity contribution in [3.05, 3.63) is 23.3 Å². The number of nitrogens with one attached hydrogen (secondary N) is 2. The molecule has 2 N–H and O–H groups in total. The molecule has 0 unspecified atom stereocenters. The van der Waals surface area contributed by atoms with Gasteiger partial charge in [-0.25, -0.2) is 0 Å². The Morgan fingerprint density at radius 1 is 1.44 bits per heavy atom. The van der Waals surface area contributed by atoms with Gasteiger partial charge < -0.3 is 14.8 Å². The number of hydrogen-bond donors (Lipinski definition) is 2. The van der Waals surface area contributed by atoms with E-state index in [0.29, 0.717) is 5.11 Å². The van der Waals surface area contributed by atoms with Gasteiger partial charge in [-0.3, -0.25) is 5.43 Å². The van der Waals surface area contributed by atoms with E-state index in [0.717, 1.165) is 29.2 Å². The first-order valence-electron chi connectivity index (χ1n) is 5.68. The van der Waals surface area contributed by atoms with E-state index in [4.69, 9.17) is 21.7 Å². The van der Waals surface area contributed by atoms with Gasteiger partial charge in [-0.05, 0) is 43.8 Å². The highest BCUT2D eigenvalue weighted by atomic mass is 32.1. The fraction of sp³-hybridized carbons (Fsp3) is 0.333. The Bertz CT molecular complexity index is 488. The molecule has 5 nitrogen and oxygen atoms in total. The van der Waals surface area contributed by atoms with E-state index in [2.05, 4.69) is 15.8 Å². The van der Waals surface area contributed by atoms with Crippen LogP contribution in [-0.2, 0) is 0 Å². The highest BCUT2D eigenvalue weighted by molar-refractivity contribution is 7.80. The van der Waals surface area contributed by atoms with Crippen LogP contribution in [0.4, 0.5) is 0 Å². The lowest BCUT2D eigenvalue weighted by Gasteiger charge is -2.04. The molecule has 0 saturated carbocycles. The lowest BCUT2D eigenvalue weighted by molar-refractivity contribution is 0.174. The van der Waals surface area contributed by atoms with Gasteiger partial charge >= 0.3 is 0 Å². The average Bonchev–Trinajstić information content (AvgIpc) is 2.76. The van der Waals surface area contributed by atoms with Crippen LogP contribution in [0.15, 0.2) is 17.2 Å². The minimum Gasteiger partial charge on any atom is -0.454 e. The van der Waals surface area contributed by atoms with Crippen molar-refractivity contribution in [2.75, 3.05) is 13.3 Å². The summed E-state index contributed by atoms with van der Waals surface area (Å²) in [6.45, 7) is 5.01. The molecule has 0 saturated heterocycles. The number of fused-ring (bicyclic) bond motifs is 1. The van der Waals surface area contributed by atoms with Crippen molar-refractivity contribution in [1.82, 2.24) is 10.7 Å². The summed E-state index contributed by atoms with van der Waals surface area (Å²) in [5, 5.41) is 7.53. The van der Waals surface area contributed by atoms with Crippen molar-refractivity contribution in [1.29, 1.82) is 0 Å². The molecule has 0 bridgehead atoms. The van der Waals surface area contributed by atoms with Crippen LogP contribution in [0.3, 0.4) is 0 Å². The molecular weight excluding hydrogens is 250 g/mol. The highest BCUT2D eigenvalue weighted by Crippen LogP contribution is 2.33. The summed E-state index contributed by atoms with van der Waals surface area (Å²) >= 11 is 5.00. The lowest BCUT2D eigenvalue weighted by atomic mass is 10.1. The summed E-state index contributed by atoms with van der Waals surface area (Å²) in [6.07, 6.45) is 1.71. The zero-order valence-electron chi connectivity index (χ0n) is 10.3. The predicted molar refractivity (Wildman–Crippen MR) is 74.3 cm³/mol. The molecule has 0 spiro atoms. The Kier molecular flexibility index (Phi) is 3.99. The molecule has 0 atom stereocenters. The molecule has 18 heavy (non-hydrogen) atoms. The monoisotopic (exact) mass is 265 g/mol.